The minimum Gasteiger partial charge on any atom is -0.308 e. The van der Waals surface area contributed by atoms with E-state index in [4.69, 9.17) is 5.41 Å². The van der Waals surface area contributed by atoms with Crippen molar-refractivity contribution >= 4 is 6.21 Å². The summed E-state index contributed by atoms with van der Waals surface area (Å²) in [7, 11) is 0. The lowest BCUT2D eigenvalue weighted by Gasteiger charge is -1.84. The van der Waals surface area contributed by atoms with E-state index in [2.05, 4.69) is 0 Å². The van der Waals surface area contributed by atoms with Gasteiger partial charge in [0.05, 0.1) is 0 Å². The second-order valence-corrected chi connectivity index (χ2v) is 1.82. The lowest BCUT2D eigenvalue weighted by Crippen LogP contribution is -1.73. The number of hydrogen-bond acceptors (Lipinski definition) is 1. The average Bonchev–Trinajstić information content (AvgIpc) is 1.99. The third kappa shape index (κ3) is 3.84. The van der Waals surface area contributed by atoms with Crippen LogP contribution < -0.4 is 0 Å². The first-order valence-corrected chi connectivity index (χ1v) is 3.31. The van der Waals surface area contributed by atoms with Crippen LogP contribution in [0.15, 0.2) is 36.0 Å². The number of rotatable bonds is 3. The summed E-state index contributed by atoms with van der Waals surface area (Å²) >= 11 is 0. The molecule has 0 saturated heterocycles. The molecule has 0 aliphatic carbocycles. The van der Waals surface area contributed by atoms with E-state index in [1.54, 1.807) is 0 Å². The first-order valence-electron chi connectivity index (χ1n) is 3.31. The molecule has 0 aliphatic heterocycles. The summed E-state index contributed by atoms with van der Waals surface area (Å²) in [6.45, 7) is 3.88. The maximum absolute atomic E-state index is 6.93. The van der Waals surface area contributed by atoms with Crippen molar-refractivity contribution in [2.45, 2.75) is 13.8 Å². The van der Waals surface area contributed by atoms with E-state index in [0.717, 1.165) is 5.57 Å². The van der Waals surface area contributed by atoms with Gasteiger partial charge < -0.3 is 5.41 Å². The predicted molar refractivity (Wildman–Crippen MR) is 46.5 cm³/mol. The van der Waals surface area contributed by atoms with Gasteiger partial charge in [0, 0.05) is 6.21 Å². The van der Waals surface area contributed by atoms with Gasteiger partial charge in [0.25, 0.3) is 0 Å². The summed E-state index contributed by atoms with van der Waals surface area (Å²) in [5.74, 6) is 0. The number of nitrogens with one attached hydrogen (secondary N) is 1. The molecule has 0 aliphatic rings. The van der Waals surface area contributed by atoms with Gasteiger partial charge in [0.2, 0.25) is 0 Å². The summed E-state index contributed by atoms with van der Waals surface area (Å²) in [5, 5.41) is 6.93. The molecule has 1 nitrogen and oxygen atoms in total. The molecular formula is C9H13N. The van der Waals surface area contributed by atoms with E-state index in [9.17, 15) is 0 Å². The van der Waals surface area contributed by atoms with Crippen LogP contribution in [-0.4, -0.2) is 6.21 Å². The van der Waals surface area contributed by atoms with Crippen molar-refractivity contribution in [2.75, 3.05) is 0 Å². The highest BCUT2D eigenvalue weighted by Gasteiger charge is 1.77. The Kier molecular flexibility index (Phi) is 5.35. The highest BCUT2D eigenvalue weighted by Crippen LogP contribution is 1.91. The standard InChI is InChI=1S/C9H13N/c1-3-5-6-7-9(4-2)8-10/h3-8,10H,1-2H3/b5-3-,7-6-,9-4?,10-8?. The monoisotopic (exact) mass is 135 g/mol. The normalized spacial score (nSPS) is 13.2. The average molecular weight is 135 g/mol. The van der Waals surface area contributed by atoms with Crippen LogP contribution in [0.2, 0.25) is 0 Å². The molecule has 0 unspecified atom stereocenters. The highest BCUT2D eigenvalue weighted by molar-refractivity contribution is 5.79. The van der Waals surface area contributed by atoms with Gasteiger partial charge >= 0.3 is 0 Å². The molecule has 10 heavy (non-hydrogen) atoms. The summed E-state index contributed by atoms with van der Waals surface area (Å²) < 4.78 is 0. The van der Waals surface area contributed by atoms with E-state index < -0.39 is 0 Å². The van der Waals surface area contributed by atoms with Gasteiger partial charge in [-0.25, -0.2) is 0 Å². The second kappa shape index (κ2) is 6.02. The fourth-order valence-corrected chi connectivity index (χ4v) is 0.505. The molecule has 0 spiro atoms. The molecule has 0 amide bonds. The molecule has 1 heteroatoms. The zero-order valence-corrected chi connectivity index (χ0v) is 6.46. The molecule has 0 heterocycles. The van der Waals surface area contributed by atoms with Crippen LogP contribution in [0.25, 0.3) is 0 Å². The van der Waals surface area contributed by atoms with E-state index in [-0.39, 0.29) is 0 Å². The van der Waals surface area contributed by atoms with Crippen LogP contribution in [0, 0.1) is 5.41 Å². The van der Waals surface area contributed by atoms with Crippen LogP contribution in [0.1, 0.15) is 13.8 Å². The van der Waals surface area contributed by atoms with Gasteiger partial charge in [0.15, 0.2) is 0 Å². The summed E-state index contributed by atoms with van der Waals surface area (Å²) in [6, 6.07) is 0. The van der Waals surface area contributed by atoms with E-state index in [0.29, 0.717) is 0 Å². The van der Waals surface area contributed by atoms with Crippen LogP contribution in [-0.2, 0) is 0 Å². The van der Waals surface area contributed by atoms with Crippen LogP contribution in [0.4, 0.5) is 0 Å². The topological polar surface area (TPSA) is 23.9 Å². The number of allylic oxidation sites excluding steroid dienone is 6. The molecule has 0 radical (unpaired) electrons. The molecular weight excluding hydrogens is 122 g/mol. The van der Waals surface area contributed by atoms with Gasteiger partial charge in [-0.3, -0.25) is 0 Å². The zero-order valence-electron chi connectivity index (χ0n) is 6.46. The van der Waals surface area contributed by atoms with Gasteiger partial charge in [-0.05, 0) is 19.4 Å². The Morgan fingerprint density at radius 1 is 1.20 bits per heavy atom. The summed E-state index contributed by atoms with van der Waals surface area (Å²) in [4.78, 5) is 0. The largest absolute Gasteiger partial charge is 0.308 e. The molecule has 0 aromatic carbocycles. The van der Waals surface area contributed by atoms with Gasteiger partial charge in [-0.15, -0.1) is 0 Å². The van der Waals surface area contributed by atoms with Crippen molar-refractivity contribution in [3.8, 4) is 0 Å². The van der Waals surface area contributed by atoms with Crippen molar-refractivity contribution in [3.05, 3.63) is 36.0 Å². The molecule has 54 valence electrons. The minimum atomic E-state index is 0.929. The van der Waals surface area contributed by atoms with E-state index in [1.807, 2.05) is 44.2 Å². The molecule has 0 bridgehead atoms. The molecule has 0 aromatic heterocycles. The van der Waals surface area contributed by atoms with Crippen molar-refractivity contribution in [3.63, 3.8) is 0 Å². The van der Waals surface area contributed by atoms with E-state index in [1.165, 1.54) is 6.21 Å². The molecule has 0 aromatic rings. The Bertz CT molecular complexity index is 173. The van der Waals surface area contributed by atoms with E-state index >= 15 is 0 Å². The third-order valence-corrected chi connectivity index (χ3v) is 1.09. The lowest BCUT2D eigenvalue weighted by molar-refractivity contribution is 1.54. The van der Waals surface area contributed by atoms with Gasteiger partial charge in [-0.2, -0.15) is 0 Å². The third-order valence-electron chi connectivity index (χ3n) is 1.09. The predicted octanol–water partition coefficient (Wildman–Crippen LogP) is 2.71. The maximum Gasteiger partial charge on any atom is 0.0246 e. The minimum absolute atomic E-state index is 0.929. The molecule has 0 atom stereocenters. The van der Waals surface area contributed by atoms with Gasteiger partial charge in [0.1, 0.15) is 0 Å². The Hall–Kier alpha value is -1.11. The molecule has 0 fully saturated rings. The van der Waals surface area contributed by atoms with Gasteiger partial charge in [-0.1, -0.05) is 30.4 Å². The first kappa shape index (κ1) is 8.89. The fourth-order valence-electron chi connectivity index (χ4n) is 0.505. The Morgan fingerprint density at radius 3 is 2.30 bits per heavy atom. The molecule has 0 rings (SSSR count). The van der Waals surface area contributed by atoms with Crippen molar-refractivity contribution in [1.29, 1.82) is 5.41 Å². The van der Waals surface area contributed by atoms with Crippen LogP contribution in [0.3, 0.4) is 0 Å². The lowest BCUT2D eigenvalue weighted by atomic mass is 10.2. The van der Waals surface area contributed by atoms with Crippen molar-refractivity contribution < 1.29 is 0 Å². The highest BCUT2D eigenvalue weighted by atomic mass is 14.3. The fraction of sp³-hybridized carbons (Fsp3) is 0.222. The van der Waals surface area contributed by atoms with Crippen LogP contribution >= 0.6 is 0 Å². The second-order valence-electron chi connectivity index (χ2n) is 1.82. The SMILES string of the molecule is CC=C(C=N)/C=C\C=C/C. The van der Waals surface area contributed by atoms with Crippen LogP contribution in [0.5, 0.6) is 0 Å². The van der Waals surface area contributed by atoms with Crippen molar-refractivity contribution in [1.82, 2.24) is 0 Å². The summed E-state index contributed by atoms with van der Waals surface area (Å²) in [5.41, 5.74) is 0.929. The zero-order chi connectivity index (χ0) is 7.82. The molecule has 0 saturated carbocycles. The number of hydrogen-bond donors (Lipinski definition) is 1. The Labute approximate surface area is 62.3 Å². The molecule has 1 N–H and O–H groups in total. The summed E-state index contributed by atoms with van der Waals surface area (Å²) in [6.07, 6.45) is 10.9. The quantitative estimate of drug-likeness (QED) is 0.454. The maximum atomic E-state index is 6.93. The van der Waals surface area contributed by atoms with Crippen molar-refractivity contribution in [2.24, 2.45) is 0 Å². The first-order chi connectivity index (χ1) is 4.85. The Morgan fingerprint density at radius 2 is 1.90 bits per heavy atom. The Balaban J connectivity index is 3.98. The smallest absolute Gasteiger partial charge is 0.0246 e.